The van der Waals surface area contributed by atoms with Gasteiger partial charge in [0, 0.05) is 32.9 Å². The highest BCUT2D eigenvalue weighted by Crippen LogP contribution is 2.47. The van der Waals surface area contributed by atoms with E-state index in [-0.39, 0.29) is 27.1 Å². The minimum Gasteiger partial charge on any atom is -0.310 e. The molecule has 400 valence electrons. The summed E-state index contributed by atoms with van der Waals surface area (Å²) < 4.78 is 2.47. The number of hydrogen-bond donors (Lipinski definition) is 0. The average molecular weight is 1040 g/mol. The van der Waals surface area contributed by atoms with E-state index in [9.17, 15) is 0 Å². The lowest BCUT2D eigenvalue weighted by Gasteiger charge is -2.29. The maximum absolute atomic E-state index is 2.49. The van der Waals surface area contributed by atoms with E-state index in [1.807, 2.05) is 0 Å². The highest BCUT2D eigenvalue weighted by Gasteiger charge is 2.26. The van der Waals surface area contributed by atoms with E-state index in [4.69, 9.17) is 0 Å². The number of aromatic nitrogens is 1. The quantitative estimate of drug-likeness (QED) is 0.144. The number of nitrogens with zero attached hydrogens (tertiary/aromatic N) is 2. The summed E-state index contributed by atoms with van der Waals surface area (Å²) >= 11 is 0. The van der Waals surface area contributed by atoms with Gasteiger partial charge in [-0.25, -0.2) is 0 Å². The van der Waals surface area contributed by atoms with Crippen molar-refractivity contribution in [2.75, 3.05) is 4.90 Å². The molecule has 0 bridgehead atoms. The highest BCUT2D eigenvalue weighted by molar-refractivity contribution is 6.27. The second-order valence-electron chi connectivity index (χ2n) is 28.0. The lowest BCUT2D eigenvalue weighted by molar-refractivity contribution is 0.568. The summed E-state index contributed by atoms with van der Waals surface area (Å²) in [5, 5.41) is 10.0. The Morgan fingerprint density at radius 3 is 1.05 bits per heavy atom. The molecule has 2 nitrogen and oxygen atoms in total. The number of rotatable bonds is 7. The summed E-state index contributed by atoms with van der Waals surface area (Å²) in [4.78, 5) is 2.49. The van der Waals surface area contributed by atoms with Crippen molar-refractivity contribution < 1.29 is 0 Å². The highest BCUT2D eigenvalue weighted by atomic mass is 15.1. The van der Waals surface area contributed by atoms with Crippen LogP contribution in [0.15, 0.2) is 200 Å². The molecule has 0 saturated carbocycles. The Morgan fingerprint density at radius 1 is 0.275 bits per heavy atom. The molecule has 0 aliphatic heterocycles. The average Bonchev–Trinajstić information content (AvgIpc) is 3.94. The van der Waals surface area contributed by atoms with E-state index in [2.05, 4.69) is 314 Å². The van der Waals surface area contributed by atoms with Gasteiger partial charge in [-0.1, -0.05) is 249 Å². The summed E-state index contributed by atoms with van der Waals surface area (Å²) in [5.41, 5.74) is 21.2. The van der Waals surface area contributed by atoms with Gasteiger partial charge >= 0.3 is 0 Å². The standard InChI is InChI=1S/C78H78N2/c1-74(2,3)57-41-53(40-54(42-57)56-45-60(77(10,11)12)48-61(46-56)78(13,14)15)49-24-32-62(33-25-49)79(63-34-26-50(27-35-63)55-43-58(75(4,5)6)47-59(44-55)76(7,8)9)70-38-30-51-29-37-67-71(39-31-52-28-36-66(70)72(51)73(52)67)80-68-22-18-16-20-64(68)65-21-17-19-23-69(65)80/h16-48H,1-15H3. The molecule has 11 aromatic carbocycles. The molecule has 0 radical (unpaired) electrons. The van der Waals surface area contributed by atoms with Crippen LogP contribution in [-0.4, -0.2) is 4.57 Å². The van der Waals surface area contributed by atoms with Crippen LogP contribution in [-0.2, 0) is 27.1 Å². The largest absolute Gasteiger partial charge is 0.310 e. The van der Waals surface area contributed by atoms with Crippen molar-refractivity contribution in [2.24, 2.45) is 0 Å². The molecule has 0 fully saturated rings. The molecule has 12 aromatic rings. The fourth-order valence-corrected chi connectivity index (χ4v) is 12.1. The molecule has 0 unspecified atom stereocenters. The van der Waals surface area contributed by atoms with Gasteiger partial charge in [0.1, 0.15) is 0 Å². The van der Waals surface area contributed by atoms with Crippen LogP contribution in [0.3, 0.4) is 0 Å². The van der Waals surface area contributed by atoms with Gasteiger partial charge in [-0.15, -0.1) is 0 Å². The Balaban J connectivity index is 1.04. The van der Waals surface area contributed by atoms with Crippen molar-refractivity contribution in [2.45, 2.75) is 131 Å². The number of para-hydroxylation sites is 2. The van der Waals surface area contributed by atoms with Crippen LogP contribution in [0.2, 0.25) is 0 Å². The van der Waals surface area contributed by atoms with Crippen LogP contribution < -0.4 is 4.90 Å². The third-order valence-corrected chi connectivity index (χ3v) is 17.1. The van der Waals surface area contributed by atoms with Gasteiger partial charge in [-0.3, -0.25) is 0 Å². The summed E-state index contributed by atoms with van der Waals surface area (Å²) in [5.74, 6) is 0. The number of hydrogen-bond acceptors (Lipinski definition) is 1. The van der Waals surface area contributed by atoms with Gasteiger partial charge in [0.25, 0.3) is 0 Å². The van der Waals surface area contributed by atoms with Crippen LogP contribution >= 0.6 is 0 Å². The van der Waals surface area contributed by atoms with E-state index in [0.29, 0.717) is 0 Å². The minimum absolute atomic E-state index is 0.0146. The zero-order valence-electron chi connectivity index (χ0n) is 49.9. The van der Waals surface area contributed by atoms with Crippen LogP contribution in [0.1, 0.15) is 132 Å². The lowest BCUT2D eigenvalue weighted by Crippen LogP contribution is -2.16. The zero-order valence-corrected chi connectivity index (χ0v) is 49.9. The van der Waals surface area contributed by atoms with Crippen LogP contribution in [0.5, 0.6) is 0 Å². The predicted octanol–water partition coefficient (Wildman–Crippen LogP) is 22.6. The fourth-order valence-electron chi connectivity index (χ4n) is 12.1. The van der Waals surface area contributed by atoms with Gasteiger partial charge in [0.15, 0.2) is 0 Å². The fraction of sp³-hybridized carbons (Fsp3) is 0.256. The first kappa shape index (κ1) is 52.7. The molecule has 0 saturated heterocycles. The normalized spacial score (nSPS) is 12.9. The predicted molar refractivity (Wildman–Crippen MR) is 349 cm³/mol. The lowest BCUT2D eigenvalue weighted by atomic mass is 9.78. The Labute approximate surface area is 476 Å². The topological polar surface area (TPSA) is 8.17 Å². The molecule has 2 heteroatoms. The summed E-state index contributed by atoms with van der Waals surface area (Å²) in [6.45, 7) is 34.9. The third kappa shape index (κ3) is 9.45. The molecule has 80 heavy (non-hydrogen) atoms. The van der Waals surface area contributed by atoms with E-state index in [0.717, 1.165) is 17.1 Å². The molecular weight excluding hydrogens is 965 g/mol. The Kier molecular flexibility index (Phi) is 12.4. The van der Waals surface area contributed by atoms with Gasteiger partial charge < -0.3 is 9.47 Å². The molecule has 0 aliphatic rings. The van der Waals surface area contributed by atoms with Crippen LogP contribution in [0, 0.1) is 0 Å². The maximum Gasteiger partial charge on any atom is 0.0541 e. The number of benzene rings is 11. The summed E-state index contributed by atoms with van der Waals surface area (Å²) in [7, 11) is 0. The number of fused-ring (bicyclic) bond motifs is 3. The molecule has 12 rings (SSSR count). The molecule has 0 spiro atoms. The Hall–Kier alpha value is -7.94. The van der Waals surface area contributed by atoms with Crippen molar-refractivity contribution in [1.29, 1.82) is 0 Å². The van der Waals surface area contributed by atoms with Crippen molar-refractivity contribution in [3.05, 3.63) is 228 Å². The van der Waals surface area contributed by atoms with E-state index < -0.39 is 0 Å². The molecule has 0 amide bonds. The first-order valence-corrected chi connectivity index (χ1v) is 29.0. The van der Waals surface area contributed by atoms with E-state index >= 15 is 0 Å². The molecule has 0 N–H and O–H groups in total. The van der Waals surface area contributed by atoms with Gasteiger partial charge in [0.2, 0.25) is 0 Å². The number of anilines is 3. The molecule has 1 heterocycles. The molecule has 0 atom stereocenters. The van der Waals surface area contributed by atoms with Gasteiger partial charge in [-0.05, 0) is 164 Å². The van der Waals surface area contributed by atoms with E-state index in [1.54, 1.807) is 0 Å². The zero-order chi connectivity index (χ0) is 56.4. The monoisotopic (exact) mass is 1040 g/mol. The maximum atomic E-state index is 2.49. The smallest absolute Gasteiger partial charge is 0.0541 e. The first-order chi connectivity index (χ1) is 37.8. The van der Waals surface area contributed by atoms with Crippen molar-refractivity contribution in [3.63, 3.8) is 0 Å². The second-order valence-corrected chi connectivity index (χ2v) is 28.0. The van der Waals surface area contributed by atoms with Gasteiger partial charge in [-0.2, -0.15) is 0 Å². The van der Waals surface area contributed by atoms with Crippen LogP contribution in [0.25, 0.3) is 93.2 Å². The molecule has 0 aliphatic carbocycles. The third-order valence-electron chi connectivity index (χ3n) is 17.1. The van der Waals surface area contributed by atoms with E-state index in [1.165, 1.54) is 121 Å². The van der Waals surface area contributed by atoms with Crippen molar-refractivity contribution >= 4 is 71.2 Å². The summed E-state index contributed by atoms with van der Waals surface area (Å²) in [6.07, 6.45) is 0. The molecular formula is C78H78N2. The first-order valence-electron chi connectivity index (χ1n) is 29.0. The van der Waals surface area contributed by atoms with Crippen LogP contribution in [0.4, 0.5) is 17.1 Å². The van der Waals surface area contributed by atoms with Crippen molar-refractivity contribution in [1.82, 2.24) is 4.57 Å². The minimum atomic E-state index is -0.0518. The second kappa shape index (κ2) is 18.8. The molecule has 1 aromatic heterocycles. The Bertz CT molecular complexity index is 4220. The van der Waals surface area contributed by atoms with Crippen molar-refractivity contribution in [3.8, 4) is 39.1 Å². The Morgan fingerprint density at radius 2 is 0.613 bits per heavy atom. The SMILES string of the molecule is CC(C)(C)c1cc(-c2ccc(N(c3ccc(-c4cc(C(C)(C)C)cc(C(C)(C)C)c4)cc3)c3ccc4ccc5c(-n6c7ccccc7c7ccccc76)ccc6ccc3c4c65)cc2)cc(-c2cc(C(C)(C)C)cc(C(C)(C)C)c2)c1. The summed E-state index contributed by atoms with van der Waals surface area (Å²) in [6, 6.07) is 76.8. The van der Waals surface area contributed by atoms with Gasteiger partial charge in [0.05, 0.1) is 22.4 Å².